The fraction of sp³-hybridized carbons (Fsp3) is 0.714. The van der Waals surface area contributed by atoms with Crippen molar-refractivity contribution >= 4 is 11.6 Å². The minimum Gasteiger partial charge on any atom is -0.412 e. The number of ketones is 2. The van der Waals surface area contributed by atoms with E-state index in [1.807, 2.05) is 13.0 Å². The molecule has 0 radical (unpaired) electrons. The van der Waals surface area contributed by atoms with Crippen molar-refractivity contribution in [1.29, 1.82) is 0 Å². The van der Waals surface area contributed by atoms with Gasteiger partial charge in [0.15, 0.2) is 11.6 Å². The van der Waals surface area contributed by atoms with Gasteiger partial charge in [-0.05, 0) is 56.1 Å². The lowest BCUT2D eigenvalue weighted by molar-refractivity contribution is -0.178. The standard InChI is InChI=1S/C21H28O5.H2O/c1-19-7-5-13(23)9-12(19)3-4-14-15-6-8-21(26,17(25)11-22)20(15,2)10-16(24)18(14)19;/h5,7,9,14-16,18,22,24,26H,3-4,6,8,10-11H2,1-2H3;1H2. The van der Waals surface area contributed by atoms with Crippen LogP contribution in [0.2, 0.25) is 0 Å². The van der Waals surface area contributed by atoms with Crippen LogP contribution in [0.4, 0.5) is 0 Å². The Kier molecular flexibility index (Phi) is 4.79. The third kappa shape index (κ3) is 2.47. The lowest BCUT2D eigenvalue weighted by atomic mass is 9.46. The van der Waals surface area contributed by atoms with Crippen molar-refractivity contribution in [2.24, 2.45) is 28.6 Å². The summed E-state index contributed by atoms with van der Waals surface area (Å²) in [5.41, 5.74) is -1.54. The summed E-state index contributed by atoms with van der Waals surface area (Å²) in [5.74, 6) is -0.227. The molecule has 6 heteroatoms. The molecule has 4 rings (SSSR count). The first-order valence-corrected chi connectivity index (χ1v) is 9.66. The van der Waals surface area contributed by atoms with Gasteiger partial charge < -0.3 is 20.8 Å². The van der Waals surface area contributed by atoms with Crippen molar-refractivity contribution in [3.8, 4) is 0 Å². The molecule has 0 heterocycles. The highest BCUT2D eigenvalue weighted by Crippen LogP contribution is 2.67. The SMILES string of the molecule is CC12C=CC(=O)C=C1CCC1C2C(O)CC2(C)C1CCC2(O)C(=O)CO.O. The van der Waals surface area contributed by atoms with Crippen LogP contribution in [0.1, 0.15) is 46.0 Å². The van der Waals surface area contributed by atoms with Crippen LogP contribution in [0, 0.1) is 28.6 Å². The molecule has 0 spiro atoms. The third-order valence-electron chi connectivity index (χ3n) is 8.25. The molecule has 27 heavy (non-hydrogen) atoms. The number of carbonyl (C=O) groups is 2. The van der Waals surface area contributed by atoms with E-state index >= 15 is 0 Å². The van der Waals surface area contributed by atoms with Gasteiger partial charge in [0, 0.05) is 16.7 Å². The molecular formula is C21H30O6. The van der Waals surface area contributed by atoms with E-state index < -0.39 is 29.5 Å². The van der Waals surface area contributed by atoms with Crippen molar-refractivity contribution in [2.75, 3.05) is 6.61 Å². The number of hydrogen-bond donors (Lipinski definition) is 3. The van der Waals surface area contributed by atoms with Gasteiger partial charge in [0.2, 0.25) is 0 Å². The average molecular weight is 378 g/mol. The summed E-state index contributed by atoms with van der Waals surface area (Å²) in [5, 5.41) is 31.7. The van der Waals surface area contributed by atoms with Crippen LogP contribution in [-0.4, -0.2) is 50.7 Å². The first-order chi connectivity index (χ1) is 12.2. The predicted molar refractivity (Wildman–Crippen MR) is 98.7 cm³/mol. The van der Waals surface area contributed by atoms with Gasteiger partial charge in [-0.3, -0.25) is 9.59 Å². The smallest absolute Gasteiger partial charge is 0.190 e. The van der Waals surface area contributed by atoms with Crippen LogP contribution in [0.3, 0.4) is 0 Å². The number of Topliss-reactive ketones (excluding diaryl/α,β-unsaturated/α-hetero) is 1. The van der Waals surface area contributed by atoms with Crippen molar-refractivity contribution in [3.63, 3.8) is 0 Å². The highest BCUT2D eigenvalue weighted by molar-refractivity contribution is 6.01. The highest BCUT2D eigenvalue weighted by Gasteiger charge is 2.67. The van der Waals surface area contributed by atoms with Crippen LogP contribution < -0.4 is 0 Å². The fourth-order valence-electron chi connectivity index (χ4n) is 6.92. The van der Waals surface area contributed by atoms with Gasteiger partial charge >= 0.3 is 0 Å². The summed E-state index contributed by atoms with van der Waals surface area (Å²) < 4.78 is 0. The molecule has 3 saturated carbocycles. The first-order valence-electron chi connectivity index (χ1n) is 9.66. The zero-order chi connectivity index (χ0) is 18.9. The number of aliphatic hydroxyl groups excluding tert-OH is 2. The van der Waals surface area contributed by atoms with Crippen LogP contribution in [0.25, 0.3) is 0 Å². The average Bonchev–Trinajstić information content (AvgIpc) is 2.86. The zero-order valence-corrected chi connectivity index (χ0v) is 15.9. The summed E-state index contributed by atoms with van der Waals surface area (Å²) in [6.45, 7) is 3.34. The van der Waals surface area contributed by atoms with Crippen molar-refractivity contribution in [3.05, 3.63) is 23.8 Å². The van der Waals surface area contributed by atoms with Gasteiger partial charge in [-0.2, -0.15) is 0 Å². The lowest BCUT2D eigenvalue weighted by Crippen LogP contribution is -2.61. The van der Waals surface area contributed by atoms with Crippen LogP contribution in [0.5, 0.6) is 0 Å². The van der Waals surface area contributed by atoms with E-state index in [-0.39, 0.29) is 34.4 Å². The molecule has 0 amide bonds. The summed E-state index contributed by atoms with van der Waals surface area (Å²) in [7, 11) is 0. The highest BCUT2D eigenvalue weighted by atomic mass is 16.3. The van der Waals surface area contributed by atoms with Gasteiger partial charge in [-0.25, -0.2) is 0 Å². The molecule has 0 bridgehead atoms. The number of rotatable bonds is 2. The minimum absolute atomic E-state index is 0. The Labute approximate surface area is 159 Å². The van der Waals surface area contributed by atoms with Crippen LogP contribution >= 0.6 is 0 Å². The molecule has 4 aliphatic carbocycles. The second kappa shape index (κ2) is 6.34. The van der Waals surface area contributed by atoms with Gasteiger partial charge in [0.05, 0.1) is 6.10 Å². The van der Waals surface area contributed by atoms with Crippen molar-refractivity contribution in [2.45, 2.75) is 57.7 Å². The Morgan fingerprint density at radius 2 is 2.00 bits per heavy atom. The van der Waals surface area contributed by atoms with Gasteiger partial charge in [0.1, 0.15) is 12.2 Å². The molecule has 0 aromatic carbocycles. The van der Waals surface area contributed by atoms with E-state index in [1.54, 1.807) is 12.2 Å². The van der Waals surface area contributed by atoms with E-state index in [0.717, 1.165) is 24.8 Å². The van der Waals surface area contributed by atoms with Gasteiger partial charge in [-0.1, -0.05) is 25.5 Å². The lowest BCUT2D eigenvalue weighted by Gasteiger charge is -2.59. The van der Waals surface area contributed by atoms with Gasteiger partial charge in [-0.15, -0.1) is 0 Å². The number of fused-ring (bicyclic) bond motifs is 5. The Morgan fingerprint density at radius 1 is 1.30 bits per heavy atom. The monoisotopic (exact) mass is 378 g/mol. The van der Waals surface area contributed by atoms with E-state index in [0.29, 0.717) is 12.8 Å². The Hall–Kier alpha value is -1.34. The molecular weight excluding hydrogens is 348 g/mol. The Morgan fingerprint density at radius 3 is 2.67 bits per heavy atom. The summed E-state index contributed by atoms with van der Waals surface area (Å²) in [6, 6.07) is 0. The molecule has 0 saturated heterocycles. The van der Waals surface area contributed by atoms with Gasteiger partial charge in [0.25, 0.3) is 0 Å². The number of hydrogen-bond acceptors (Lipinski definition) is 5. The largest absolute Gasteiger partial charge is 0.412 e. The summed E-state index contributed by atoms with van der Waals surface area (Å²) >= 11 is 0. The molecule has 3 fully saturated rings. The molecule has 7 unspecified atom stereocenters. The molecule has 0 aliphatic heterocycles. The molecule has 6 nitrogen and oxygen atoms in total. The summed E-state index contributed by atoms with van der Waals surface area (Å²) in [4.78, 5) is 24.2. The number of carbonyl (C=O) groups excluding carboxylic acids is 2. The van der Waals surface area contributed by atoms with Crippen molar-refractivity contribution in [1.82, 2.24) is 0 Å². The zero-order valence-electron chi connectivity index (χ0n) is 15.9. The fourth-order valence-corrected chi connectivity index (χ4v) is 6.92. The molecule has 4 aliphatic rings. The Balaban J connectivity index is 0.00000210. The molecule has 150 valence electrons. The molecule has 7 atom stereocenters. The molecule has 0 aromatic rings. The minimum atomic E-state index is -1.56. The topological polar surface area (TPSA) is 126 Å². The first kappa shape index (κ1) is 20.4. The summed E-state index contributed by atoms with van der Waals surface area (Å²) in [6.07, 6.45) is 7.68. The normalized spacial score (nSPS) is 48.0. The predicted octanol–water partition coefficient (Wildman–Crippen LogP) is 0.733. The number of allylic oxidation sites excluding steroid dienone is 4. The van der Waals surface area contributed by atoms with E-state index in [9.17, 15) is 24.9 Å². The van der Waals surface area contributed by atoms with Crippen molar-refractivity contribution < 1.29 is 30.4 Å². The van der Waals surface area contributed by atoms with E-state index in [4.69, 9.17) is 0 Å². The third-order valence-corrected chi connectivity index (χ3v) is 8.25. The quantitative estimate of drug-likeness (QED) is 0.653. The molecule has 0 aromatic heterocycles. The van der Waals surface area contributed by atoms with Crippen LogP contribution in [-0.2, 0) is 9.59 Å². The second-order valence-electron chi connectivity index (χ2n) is 9.19. The number of aliphatic hydroxyl groups is 3. The molecule has 5 N–H and O–H groups in total. The maximum Gasteiger partial charge on any atom is 0.190 e. The van der Waals surface area contributed by atoms with E-state index in [2.05, 4.69) is 6.92 Å². The van der Waals surface area contributed by atoms with Crippen LogP contribution in [0.15, 0.2) is 23.8 Å². The Bertz CT molecular complexity index is 726. The second-order valence-corrected chi connectivity index (χ2v) is 9.19. The maximum absolute atomic E-state index is 12.4. The van der Waals surface area contributed by atoms with E-state index in [1.165, 1.54) is 0 Å². The maximum atomic E-state index is 12.4.